The lowest BCUT2D eigenvalue weighted by atomic mass is 10.2. The number of hydrogen-bond acceptors (Lipinski definition) is 2. The Kier molecular flexibility index (Phi) is 8.51. The fourth-order valence-corrected chi connectivity index (χ4v) is 2.30. The van der Waals surface area contributed by atoms with Crippen LogP contribution in [0.5, 0.6) is 0 Å². The zero-order valence-electron chi connectivity index (χ0n) is 14.9. The number of hydrogen-bond donors (Lipinski definition) is 2. The second-order valence-electron chi connectivity index (χ2n) is 5.45. The smallest absolute Gasteiger partial charge is 0.370 e. The minimum atomic E-state index is -4.21. The highest BCUT2D eigenvalue weighted by molar-refractivity contribution is 5.79. The number of nitrogens with one attached hydrogen (secondary N) is 2. The molecule has 0 unspecified atom stereocenters. The lowest BCUT2D eigenvalue weighted by molar-refractivity contribution is -0.132. The fourth-order valence-electron chi connectivity index (χ4n) is 2.30. The first-order valence-corrected chi connectivity index (χ1v) is 8.43. The molecule has 0 aliphatic heterocycles. The van der Waals surface area contributed by atoms with Crippen molar-refractivity contribution in [3.05, 3.63) is 29.6 Å². The van der Waals surface area contributed by atoms with Crippen molar-refractivity contribution >= 4 is 11.6 Å². The van der Waals surface area contributed by atoms with Crippen LogP contribution in [0, 0.1) is 5.82 Å². The van der Waals surface area contributed by atoms with E-state index in [2.05, 4.69) is 15.6 Å². The van der Waals surface area contributed by atoms with Gasteiger partial charge in [0.1, 0.15) is 5.82 Å². The minimum Gasteiger partial charge on any atom is -0.370 e. The molecule has 0 atom stereocenters. The van der Waals surface area contributed by atoms with E-state index in [0.29, 0.717) is 30.9 Å². The summed E-state index contributed by atoms with van der Waals surface area (Å²) in [7, 11) is 0. The van der Waals surface area contributed by atoms with E-state index in [1.54, 1.807) is 12.1 Å². The molecule has 0 saturated heterocycles. The first-order chi connectivity index (χ1) is 11.8. The van der Waals surface area contributed by atoms with E-state index < -0.39 is 12.6 Å². The molecule has 0 aromatic heterocycles. The van der Waals surface area contributed by atoms with Gasteiger partial charge in [0.2, 0.25) is 0 Å². The van der Waals surface area contributed by atoms with Crippen LogP contribution in [0.25, 0.3) is 0 Å². The highest BCUT2D eigenvalue weighted by Gasteiger charge is 2.26. The van der Waals surface area contributed by atoms with Crippen LogP contribution in [0.4, 0.5) is 23.2 Å². The second-order valence-corrected chi connectivity index (χ2v) is 5.45. The van der Waals surface area contributed by atoms with Gasteiger partial charge in [-0.15, -0.1) is 0 Å². The normalized spacial score (nSPS) is 12.2. The van der Waals surface area contributed by atoms with Crippen LogP contribution in [0.3, 0.4) is 0 Å². The molecule has 0 spiro atoms. The average Bonchev–Trinajstić information content (AvgIpc) is 2.54. The number of halogens is 4. The van der Waals surface area contributed by atoms with Crippen molar-refractivity contribution in [2.45, 2.75) is 39.9 Å². The van der Waals surface area contributed by atoms with Crippen molar-refractivity contribution in [2.75, 3.05) is 31.1 Å². The monoisotopic (exact) mass is 362 g/mol. The molecule has 0 fully saturated rings. The summed E-state index contributed by atoms with van der Waals surface area (Å²) < 4.78 is 50.8. The Morgan fingerprint density at radius 3 is 2.32 bits per heavy atom. The number of guanidine groups is 1. The van der Waals surface area contributed by atoms with Gasteiger partial charge in [-0.05, 0) is 38.5 Å². The Balaban J connectivity index is 2.73. The molecule has 0 saturated carbocycles. The van der Waals surface area contributed by atoms with Gasteiger partial charge in [-0.2, -0.15) is 13.2 Å². The van der Waals surface area contributed by atoms with Gasteiger partial charge < -0.3 is 15.5 Å². The average molecular weight is 362 g/mol. The number of aliphatic imine (C=N–C) groups is 1. The molecule has 0 aliphatic rings. The predicted octanol–water partition coefficient (Wildman–Crippen LogP) is 3.68. The van der Waals surface area contributed by atoms with E-state index in [1.165, 1.54) is 6.07 Å². The SMILES string of the molecule is CCNC(=NCc1ccc(N(CC)CC)c(F)c1)NCCC(F)(F)F. The minimum absolute atomic E-state index is 0.177. The maximum Gasteiger partial charge on any atom is 0.390 e. The Labute approximate surface area is 146 Å². The van der Waals surface area contributed by atoms with Crippen molar-refractivity contribution in [1.29, 1.82) is 0 Å². The molecule has 0 aliphatic carbocycles. The largest absolute Gasteiger partial charge is 0.390 e. The highest BCUT2D eigenvalue weighted by Crippen LogP contribution is 2.21. The zero-order valence-corrected chi connectivity index (χ0v) is 14.9. The van der Waals surface area contributed by atoms with E-state index in [-0.39, 0.29) is 24.9 Å². The van der Waals surface area contributed by atoms with Gasteiger partial charge in [0.15, 0.2) is 5.96 Å². The van der Waals surface area contributed by atoms with Gasteiger partial charge in [-0.25, -0.2) is 9.38 Å². The number of anilines is 1. The third kappa shape index (κ3) is 7.62. The predicted molar refractivity (Wildman–Crippen MR) is 93.5 cm³/mol. The number of nitrogens with zero attached hydrogens (tertiary/aromatic N) is 2. The third-order valence-electron chi connectivity index (χ3n) is 3.58. The Morgan fingerprint density at radius 2 is 1.80 bits per heavy atom. The molecule has 4 nitrogen and oxygen atoms in total. The molecular weight excluding hydrogens is 336 g/mol. The summed E-state index contributed by atoms with van der Waals surface area (Å²) in [6.45, 7) is 7.58. The maximum absolute atomic E-state index is 14.2. The van der Waals surface area contributed by atoms with Crippen molar-refractivity contribution in [2.24, 2.45) is 4.99 Å². The molecule has 1 rings (SSSR count). The zero-order chi connectivity index (χ0) is 18.9. The molecule has 0 radical (unpaired) electrons. The van der Waals surface area contributed by atoms with Crippen LogP contribution in [0.1, 0.15) is 32.8 Å². The van der Waals surface area contributed by atoms with E-state index in [4.69, 9.17) is 0 Å². The summed E-state index contributed by atoms with van der Waals surface area (Å²) in [6.07, 6.45) is -5.15. The lowest BCUT2D eigenvalue weighted by Crippen LogP contribution is -2.38. The molecule has 0 bridgehead atoms. The standard InChI is InChI=1S/C17H26F4N4/c1-4-22-16(23-10-9-17(19,20)21)24-12-13-7-8-15(14(18)11-13)25(5-2)6-3/h7-8,11H,4-6,9-10,12H2,1-3H3,(H2,22,23,24). The van der Waals surface area contributed by atoms with Gasteiger partial charge >= 0.3 is 6.18 Å². The van der Waals surface area contributed by atoms with Gasteiger partial charge in [0, 0.05) is 26.2 Å². The molecular formula is C17H26F4N4. The van der Waals surface area contributed by atoms with Crippen LogP contribution >= 0.6 is 0 Å². The van der Waals surface area contributed by atoms with Gasteiger partial charge in [-0.3, -0.25) is 0 Å². The summed E-state index contributed by atoms with van der Waals surface area (Å²) in [5.41, 5.74) is 1.19. The molecule has 25 heavy (non-hydrogen) atoms. The summed E-state index contributed by atoms with van der Waals surface area (Å²) in [5.74, 6) is -0.0496. The quantitative estimate of drug-likeness (QED) is 0.421. The summed E-state index contributed by atoms with van der Waals surface area (Å²) in [4.78, 5) is 6.11. The number of alkyl halides is 3. The molecule has 2 N–H and O–H groups in total. The Bertz CT molecular complexity index is 554. The van der Waals surface area contributed by atoms with Crippen LogP contribution in [-0.2, 0) is 6.54 Å². The van der Waals surface area contributed by atoms with E-state index in [1.807, 2.05) is 25.7 Å². The summed E-state index contributed by atoms with van der Waals surface area (Å²) >= 11 is 0. The fraction of sp³-hybridized carbons (Fsp3) is 0.588. The van der Waals surface area contributed by atoms with Gasteiger partial charge in [0.05, 0.1) is 18.7 Å². The first-order valence-electron chi connectivity index (χ1n) is 8.43. The maximum atomic E-state index is 14.2. The van der Waals surface area contributed by atoms with Crippen LogP contribution in [0.15, 0.2) is 23.2 Å². The molecule has 0 amide bonds. The van der Waals surface area contributed by atoms with E-state index in [9.17, 15) is 17.6 Å². The Hall–Kier alpha value is -1.99. The number of benzene rings is 1. The van der Waals surface area contributed by atoms with Crippen LogP contribution < -0.4 is 15.5 Å². The molecule has 1 aromatic rings. The van der Waals surface area contributed by atoms with E-state index in [0.717, 1.165) is 0 Å². The van der Waals surface area contributed by atoms with Crippen molar-refractivity contribution in [3.63, 3.8) is 0 Å². The van der Waals surface area contributed by atoms with Crippen molar-refractivity contribution < 1.29 is 17.6 Å². The van der Waals surface area contributed by atoms with Crippen LogP contribution in [-0.4, -0.2) is 38.3 Å². The highest BCUT2D eigenvalue weighted by atomic mass is 19.4. The van der Waals surface area contributed by atoms with Gasteiger partial charge in [-0.1, -0.05) is 6.07 Å². The summed E-state index contributed by atoms with van der Waals surface area (Å²) in [6, 6.07) is 4.90. The Morgan fingerprint density at radius 1 is 1.12 bits per heavy atom. The van der Waals surface area contributed by atoms with Crippen molar-refractivity contribution in [1.82, 2.24) is 10.6 Å². The van der Waals surface area contributed by atoms with E-state index >= 15 is 0 Å². The van der Waals surface area contributed by atoms with Crippen LogP contribution in [0.2, 0.25) is 0 Å². The van der Waals surface area contributed by atoms with Gasteiger partial charge in [0.25, 0.3) is 0 Å². The second kappa shape index (κ2) is 10.1. The molecule has 0 heterocycles. The number of rotatable bonds is 8. The lowest BCUT2D eigenvalue weighted by Gasteiger charge is -2.21. The first kappa shape index (κ1) is 21.1. The summed E-state index contributed by atoms with van der Waals surface area (Å²) in [5, 5.41) is 5.50. The molecule has 1 aromatic carbocycles. The topological polar surface area (TPSA) is 39.7 Å². The molecule has 142 valence electrons. The third-order valence-corrected chi connectivity index (χ3v) is 3.58. The van der Waals surface area contributed by atoms with Crippen molar-refractivity contribution in [3.8, 4) is 0 Å². The molecule has 8 heteroatoms.